The highest BCUT2D eigenvalue weighted by Gasteiger charge is 2.20. The molecule has 0 saturated heterocycles. The van der Waals surface area contributed by atoms with Gasteiger partial charge in [-0.2, -0.15) is 0 Å². The molecule has 94 valence electrons. The molecule has 1 N–H and O–H groups in total. The Morgan fingerprint density at radius 1 is 1.47 bits per heavy atom. The maximum absolute atomic E-state index is 13.3. The summed E-state index contributed by atoms with van der Waals surface area (Å²) in [6, 6.07) is 0. The van der Waals surface area contributed by atoms with Crippen molar-refractivity contribution in [3.05, 3.63) is 23.0 Å². The number of carbonyl (C=O) groups is 1. The zero-order valence-corrected chi connectivity index (χ0v) is 10.2. The second kappa shape index (κ2) is 4.83. The fourth-order valence-electron chi connectivity index (χ4n) is 0.957. The molecule has 17 heavy (non-hydrogen) atoms. The lowest BCUT2D eigenvalue weighted by molar-refractivity contribution is 0.0635. The number of rotatable bonds is 1. The van der Waals surface area contributed by atoms with E-state index < -0.39 is 29.0 Å². The number of pyridine rings is 1. The first-order valence-electron chi connectivity index (χ1n) is 4.70. The van der Waals surface area contributed by atoms with Crippen LogP contribution in [0.1, 0.15) is 20.8 Å². The van der Waals surface area contributed by atoms with Crippen molar-refractivity contribution in [2.24, 2.45) is 0 Å². The molecule has 0 saturated carbocycles. The Morgan fingerprint density at radius 3 is 2.59 bits per heavy atom. The van der Waals surface area contributed by atoms with E-state index in [-0.39, 0.29) is 5.15 Å². The van der Waals surface area contributed by atoms with Crippen LogP contribution in [-0.2, 0) is 4.74 Å². The molecule has 0 aliphatic rings. The standard InChI is InChI=1S/C10H11ClF2N2O2/c1-10(2,3)17-9(16)15-7-6(13)5(12)4-14-8(7)11/h4H,1-3H3,(H,15,16). The van der Waals surface area contributed by atoms with Crippen molar-refractivity contribution in [1.29, 1.82) is 0 Å². The molecule has 0 aliphatic heterocycles. The molecule has 0 unspecified atom stereocenters. The molecule has 0 radical (unpaired) electrons. The number of amides is 1. The van der Waals surface area contributed by atoms with Gasteiger partial charge in [-0.3, -0.25) is 5.32 Å². The minimum Gasteiger partial charge on any atom is -0.444 e. The number of hydrogen-bond acceptors (Lipinski definition) is 3. The van der Waals surface area contributed by atoms with Gasteiger partial charge in [-0.05, 0) is 20.8 Å². The van der Waals surface area contributed by atoms with Crippen LogP contribution < -0.4 is 5.32 Å². The third kappa shape index (κ3) is 3.81. The largest absolute Gasteiger partial charge is 0.444 e. The quantitative estimate of drug-likeness (QED) is 0.791. The van der Waals surface area contributed by atoms with Crippen LogP contribution in [0.2, 0.25) is 5.15 Å². The molecule has 0 aromatic carbocycles. The molecule has 0 atom stereocenters. The third-order valence-corrected chi connectivity index (χ3v) is 1.84. The normalized spacial score (nSPS) is 11.2. The lowest BCUT2D eigenvalue weighted by Crippen LogP contribution is -2.27. The smallest absolute Gasteiger partial charge is 0.412 e. The number of nitrogens with one attached hydrogen (secondary N) is 1. The Hall–Kier alpha value is -1.43. The summed E-state index contributed by atoms with van der Waals surface area (Å²) in [6.07, 6.45) is -0.316. The molecule has 7 heteroatoms. The van der Waals surface area contributed by atoms with E-state index in [0.29, 0.717) is 6.20 Å². The molecule has 0 fully saturated rings. The van der Waals surface area contributed by atoms with E-state index in [1.165, 1.54) is 0 Å². The molecule has 4 nitrogen and oxygen atoms in total. The van der Waals surface area contributed by atoms with Gasteiger partial charge in [-0.25, -0.2) is 18.6 Å². The average molecular weight is 265 g/mol. The van der Waals surface area contributed by atoms with Crippen molar-refractivity contribution in [3.8, 4) is 0 Å². The molecule has 0 bridgehead atoms. The topological polar surface area (TPSA) is 51.2 Å². The summed E-state index contributed by atoms with van der Waals surface area (Å²) < 4.78 is 31.0. The molecular weight excluding hydrogens is 254 g/mol. The summed E-state index contributed by atoms with van der Waals surface area (Å²) in [5.74, 6) is -2.49. The molecule has 1 rings (SSSR count). The van der Waals surface area contributed by atoms with Crippen LogP contribution in [0.25, 0.3) is 0 Å². The van der Waals surface area contributed by atoms with Crippen molar-refractivity contribution in [3.63, 3.8) is 0 Å². The Kier molecular flexibility index (Phi) is 3.87. The summed E-state index contributed by atoms with van der Waals surface area (Å²) in [5, 5.41) is 1.65. The van der Waals surface area contributed by atoms with E-state index in [1.54, 1.807) is 20.8 Å². The SMILES string of the molecule is CC(C)(C)OC(=O)Nc1c(Cl)ncc(F)c1F. The lowest BCUT2D eigenvalue weighted by atomic mass is 10.2. The minimum absolute atomic E-state index is 0.352. The third-order valence-electron chi connectivity index (χ3n) is 1.55. The molecule has 0 aliphatic carbocycles. The van der Waals surface area contributed by atoms with Gasteiger partial charge in [0.15, 0.2) is 16.8 Å². The molecule has 0 spiro atoms. The van der Waals surface area contributed by atoms with Crippen LogP contribution in [-0.4, -0.2) is 16.7 Å². The van der Waals surface area contributed by atoms with Crippen LogP contribution in [0.3, 0.4) is 0 Å². The highest BCUT2D eigenvalue weighted by Crippen LogP contribution is 2.25. The fraction of sp³-hybridized carbons (Fsp3) is 0.400. The first-order valence-corrected chi connectivity index (χ1v) is 5.08. The van der Waals surface area contributed by atoms with Gasteiger partial charge in [0.1, 0.15) is 11.3 Å². The number of aromatic nitrogens is 1. The first-order chi connectivity index (χ1) is 7.70. The predicted octanol–water partition coefficient (Wildman–Crippen LogP) is 3.36. The zero-order valence-electron chi connectivity index (χ0n) is 9.47. The Balaban J connectivity index is 2.89. The van der Waals surface area contributed by atoms with Crippen molar-refractivity contribution in [1.82, 2.24) is 4.98 Å². The number of halogens is 3. The van der Waals surface area contributed by atoms with E-state index >= 15 is 0 Å². The van der Waals surface area contributed by atoms with Crippen LogP contribution >= 0.6 is 11.6 Å². The second-order valence-electron chi connectivity index (χ2n) is 4.21. The molecule has 1 heterocycles. The fourth-order valence-corrected chi connectivity index (χ4v) is 1.14. The van der Waals surface area contributed by atoms with Crippen LogP contribution in [0, 0.1) is 11.6 Å². The number of anilines is 1. The summed E-state index contributed by atoms with van der Waals surface area (Å²) in [6.45, 7) is 4.90. The maximum Gasteiger partial charge on any atom is 0.412 e. The maximum atomic E-state index is 13.3. The molecule has 1 amide bonds. The summed E-state index contributed by atoms with van der Waals surface area (Å²) in [4.78, 5) is 14.7. The summed E-state index contributed by atoms with van der Waals surface area (Å²) in [7, 11) is 0. The highest BCUT2D eigenvalue weighted by atomic mass is 35.5. The van der Waals surface area contributed by atoms with Gasteiger partial charge in [-0.15, -0.1) is 0 Å². The Bertz CT molecular complexity index is 447. The number of hydrogen-bond donors (Lipinski definition) is 1. The molecule has 1 aromatic rings. The van der Waals surface area contributed by atoms with E-state index in [0.717, 1.165) is 0 Å². The van der Waals surface area contributed by atoms with E-state index in [2.05, 4.69) is 4.98 Å². The van der Waals surface area contributed by atoms with Gasteiger partial charge >= 0.3 is 6.09 Å². The summed E-state index contributed by atoms with van der Waals surface area (Å²) in [5.41, 5.74) is -1.30. The second-order valence-corrected chi connectivity index (χ2v) is 4.57. The van der Waals surface area contributed by atoms with Crippen molar-refractivity contribution < 1.29 is 18.3 Å². The van der Waals surface area contributed by atoms with Crippen molar-refractivity contribution in [2.75, 3.05) is 5.32 Å². The highest BCUT2D eigenvalue weighted by molar-refractivity contribution is 6.32. The average Bonchev–Trinajstić information content (AvgIpc) is 2.16. The van der Waals surface area contributed by atoms with Gasteiger partial charge < -0.3 is 4.74 Å². The minimum atomic E-state index is -1.28. The van der Waals surface area contributed by atoms with E-state index in [4.69, 9.17) is 16.3 Å². The number of ether oxygens (including phenoxy) is 1. The van der Waals surface area contributed by atoms with Crippen molar-refractivity contribution in [2.45, 2.75) is 26.4 Å². The summed E-state index contributed by atoms with van der Waals surface area (Å²) >= 11 is 5.53. The first kappa shape index (κ1) is 13.6. The van der Waals surface area contributed by atoms with Gasteiger partial charge in [0.2, 0.25) is 0 Å². The zero-order chi connectivity index (χ0) is 13.2. The van der Waals surface area contributed by atoms with Crippen LogP contribution in [0.4, 0.5) is 19.3 Å². The number of carbonyl (C=O) groups excluding carboxylic acids is 1. The van der Waals surface area contributed by atoms with Crippen LogP contribution in [0.15, 0.2) is 6.20 Å². The number of nitrogens with zero attached hydrogens (tertiary/aromatic N) is 1. The van der Waals surface area contributed by atoms with Gasteiger partial charge in [-0.1, -0.05) is 11.6 Å². The van der Waals surface area contributed by atoms with Gasteiger partial charge in [0.05, 0.1) is 6.20 Å². The van der Waals surface area contributed by atoms with Gasteiger partial charge in [0, 0.05) is 0 Å². The molecule has 1 aromatic heterocycles. The van der Waals surface area contributed by atoms with Crippen LogP contribution in [0.5, 0.6) is 0 Å². The Labute approximate surface area is 102 Å². The predicted molar refractivity (Wildman–Crippen MR) is 59.0 cm³/mol. The van der Waals surface area contributed by atoms with Crippen molar-refractivity contribution >= 4 is 23.4 Å². The Morgan fingerprint density at radius 2 is 2.06 bits per heavy atom. The van der Waals surface area contributed by atoms with E-state index in [9.17, 15) is 13.6 Å². The molecular formula is C10H11ClF2N2O2. The van der Waals surface area contributed by atoms with E-state index in [1.807, 2.05) is 5.32 Å². The van der Waals surface area contributed by atoms with Gasteiger partial charge in [0.25, 0.3) is 0 Å². The lowest BCUT2D eigenvalue weighted by Gasteiger charge is -2.19. The monoisotopic (exact) mass is 264 g/mol.